The lowest BCUT2D eigenvalue weighted by Gasteiger charge is -2.18. The fraction of sp³-hybridized carbons (Fsp3) is 0.533. The number of phenolic OH excluding ortho intramolecular Hbond substituents is 1. The number of esters is 1. The van der Waals surface area contributed by atoms with Crippen LogP contribution in [0, 0.1) is 5.41 Å². The molecule has 0 aromatic heterocycles. The minimum absolute atomic E-state index is 0.140. The Morgan fingerprint density at radius 2 is 1.89 bits per heavy atom. The minimum Gasteiger partial charge on any atom is -0.508 e. The number of carbonyl (C=O) groups excluding carboxylic acids is 1. The highest BCUT2D eigenvalue weighted by atomic mass is 16.5. The molecule has 0 aliphatic rings. The molecule has 106 valence electrons. The molecule has 0 bridgehead atoms. The van der Waals surface area contributed by atoms with E-state index in [0.29, 0.717) is 13.0 Å². The van der Waals surface area contributed by atoms with Gasteiger partial charge in [-0.2, -0.15) is 0 Å². The summed E-state index contributed by atoms with van der Waals surface area (Å²) < 4.78 is 5.16. The summed E-state index contributed by atoms with van der Waals surface area (Å²) in [6.07, 6.45) is 1.22. The van der Waals surface area contributed by atoms with Gasteiger partial charge < -0.3 is 15.6 Å². The fourth-order valence-electron chi connectivity index (χ4n) is 1.53. The molecule has 1 aromatic rings. The highest BCUT2D eigenvalue weighted by Crippen LogP contribution is 2.18. The lowest BCUT2D eigenvalue weighted by Crippen LogP contribution is -2.34. The van der Waals surface area contributed by atoms with Crippen LogP contribution < -0.4 is 5.73 Å². The first-order valence-corrected chi connectivity index (χ1v) is 6.48. The minimum atomic E-state index is -0.662. The van der Waals surface area contributed by atoms with Gasteiger partial charge in [-0.1, -0.05) is 32.9 Å². The van der Waals surface area contributed by atoms with Gasteiger partial charge >= 0.3 is 5.97 Å². The highest BCUT2D eigenvalue weighted by Gasteiger charge is 2.17. The second-order valence-electron chi connectivity index (χ2n) is 5.96. The molecule has 4 heteroatoms. The Morgan fingerprint density at radius 3 is 2.42 bits per heavy atom. The van der Waals surface area contributed by atoms with E-state index in [-0.39, 0.29) is 17.1 Å². The van der Waals surface area contributed by atoms with E-state index in [1.165, 1.54) is 0 Å². The van der Waals surface area contributed by atoms with Gasteiger partial charge in [0.25, 0.3) is 0 Å². The molecule has 0 radical (unpaired) electrons. The summed E-state index contributed by atoms with van der Waals surface area (Å²) in [7, 11) is 0. The third-order valence-corrected chi connectivity index (χ3v) is 2.79. The molecule has 19 heavy (non-hydrogen) atoms. The fourth-order valence-corrected chi connectivity index (χ4v) is 1.53. The van der Waals surface area contributed by atoms with Crippen molar-refractivity contribution in [1.82, 2.24) is 0 Å². The van der Waals surface area contributed by atoms with E-state index in [1.54, 1.807) is 24.3 Å². The van der Waals surface area contributed by atoms with Crippen molar-refractivity contribution in [3.05, 3.63) is 29.8 Å². The van der Waals surface area contributed by atoms with E-state index in [0.717, 1.165) is 12.0 Å². The van der Waals surface area contributed by atoms with Crippen molar-refractivity contribution < 1.29 is 14.6 Å². The Labute approximate surface area is 114 Å². The molecular weight excluding hydrogens is 242 g/mol. The summed E-state index contributed by atoms with van der Waals surface area (Å²) >= 11 is 0. The topological polar surface area (TPSA) is 72.5 Å². The normalized spacial score (nSPS) is 13.1. The zero-order valence-electron chi connectivity index (χ0n) is 11.8. The van der Waals surface area contributed by atoms with Crippen molar-refractivity contribution in [3.8, 4) is 5.75 Å². The Balaban J connectivity index is 2.38. The highest BCUT2D eigenvalue weighted by molar-refractivity contribution is 5.75. The number of carbonyl (C=O) groups is 1. The molecule has 0 spiro atoms. The predicted molar refractivity (Wildman–Crippen MR) is 74.8 cm³/mol. The second kappa shape index (κ2) is 6.57. The maximum atomic E-state index is 11.7. The number of hydrogen-bond donors (Lipinski definition) is 2. The molecule has 4 nitrogen and oxygen atoms in total. The SMILES string of the molecule is CC(C)(C)CCOC(=O)[C@H](N)Cc1ccc(O)cc1. The van der Waals surface area contributed by atoms with Crippen LogP contribution in [0.1, 0.15) is 32.8 Å². The molecule has 0 saturated carbocycles. The molecule has 1 rings (SSSR count). The van der Waals surface area contributed by atoms with Crippen LogP contribution in [0.3, 0.4) is 0 Å². The van der Waals surface area contributed by atoms with Crippen LogP contribution in [-0.4, -0.2) is 23.7 Å². The monoisotopic (exact) mass is 265 g/mol. The maximum Gasteiger partial charge on any atom is 0.323 e. The van der Waals surface area contributed by atoms with Gasteiger partial charge in [-0.3, -0.25) is 4.79 Å². The van der Waals surface area contributed by atoms with Gasteiger partial charge in [-0.25, -0.2) is 0 Å². The molecule has 0 heterocycles. The molecule has 1 atom stereocenters. The van der Waals surface area contributed by atoms with Gasteiger partial charge in [0.15, 0.2) is 0 Å². The largest absolute Gasteiger partial charge is 0.508 e. The van der Waals surface area contributed by atoms with Gasteiger partial charge in [0.1, 0.15) is 11.8 Å². The van der Waals surface area contributed by atoms with Crippen molar-refractivity contribution in [1.29, 1.82) is 0 Å². The van der Waals surface area contributed by atoms with Crippen molar-refractivity contribution in [2.24, 2.45) is 11.1 Å². The summed E-state index contributed by atoms with van der Waals surface area (Å²) in [5, 5.41) is 9.17. The molecule has 0 aliphatic heterocycles. The van der Waals surface area contributed by atoms with Crippen LogP contribution in [0.5, 0.6) is 5.75 Å². The lowest BCUT2D eigenvalue weighted by atomic mass is 9.93. The van der Waals surface area contributed by atoms with E-state index < -0.39 is 6.04 Å². The molecule has 0 unspecified atom stereocenters. The van der Waals surface area contributed by atoms with Crippen molar-refractivity contribution in [2.45, 2.75) is 39.7 Å². The maximum absolute atomic E-state index is 11.7. The zero-order chi connectivity index (χ0) is 14.5. The van der Waals surface area contributed by atoms with Gasteiger partial charge in [0, 0.05) is 0 Å². The van der Waals surface area contributed by atoms with Gasteiger partial charge in [-0.15, -0.1) is 0 Å². The van der Waals surface area contributed by atoms with Crippen LogP contribution in [0.15, 0.2) is 24.3 Å². The number of phenols is 1. The average molecular weight is 265 g/mol. The quantitative estimate of drug-likeness (QED) is 0.801. The average Bonchev–Trinajstić information content (AvgIpc) is 2.30. The first-order chi connectivity index (χ1) is 8.78. The smallest absolute Gasteiger partial charge is 0.323 e. The Bertz CT molecular complexity index is 406. The summed E-state index contributed by atoms with van der Waals surface area (Å²) in [6, 6.07) is 5.99. The van der Waals surface area contributed by atoms with Crippen molar-refractivity contribution in [3.63, 3.8) is 0 Å². The number of hydrogen-bond acceptors (Lipinski definition) is 4. The van der Waals surface area contributed by atoms with Gasteiger partial charge in [-0.05, 0) is 36.0 Å². The van der Waals surface area contributed by atoms with E-state index in [2.05, 4.69) is 20.8 Å². The van der Waals surface area contributed by atoms with Gasteiger partial charge in [0.2, 0.25) is 0 Å². The molecule has 0 fully saturated rings. The van der Waals surface area contributed by atoms with Crippen LogP contribution in [0.4, 0.5) is 0 Å². The second-order valence-corrected chi connectivity index (χ2v) is 5.96. The number of aromatic hydroxyl groups is 1. The van der Waals surface area contributed by atoms with Crippen LogP contribution >= 0.6 is 0 Å². The standard InChI is InChI=1S/C15H23NO3/c1-15(2,3)8-9-19-14(18)13(16)10-11-4-6-12(17)7-5-11/h4-7,13,17H,8-10,16H2,1-3H3/t13-/m1/s1. The number of benzene rings is 1. The zero-order valence-corrected chi connectivity index (χ0v) is 11.8. The van der Waals surface area contributed by atoms with Crippen LogP contribution in [-0.2, 0) is 16.0 Å². The Hall–Kier alpha value is -1.55. The van der Waals surface area contributed by atoms with Crippen molar-refractivity contribution >= 4 is 5.97 Å². The van der Waals surface area contributed by atoms with E-state index in [9.17, 15) is 4.79 Å². The summed E-state index contributed by atoms with van der Waals surface area (Å²) in [5.41, 5.74) is 6.84. The molecule has 3 N–H and O–H groups in total. The first kappa shape index (κ1) is 15.5. The first-order valence-electron chi connectivity index (χ1n) is 6.48. The summed E-state index contributed by atoms with van der Waals surface area (Å²) in [4.78, 5) is 11.7. The van der Waals surface area contributed by atoms with Crippen LogP contribution in [0.25, 0.3) is 0 Å². The van der Waals surface area contributed by atoms with Crippen LogP contribution in [0.2, 0.25) is 0 Å². The summed E-state index contributed by atoms with van der Waals surface area (Å²) in [6.45, 7) is 6.68. The molecular formula is C15H23NO3. The van der Waals surface area contributed by atoms with E-state index in [1.807, 2.05) is 0 Å². The number of nitrogens with two attached hydrogens (primary N) is 1. The number of ether oxygens (including phenoxy) is 1. The molecule has 0 aliphatic carbocycles. The van der Waals surface area contributed by atoms with E-state index >= 15 is 0 Å². The Kier molecular flexibility index (Phi) is 5.36. The summed E-state index contributed by atoms with van der Waals surface area (Å²) in [5.74, 6) is -0.178. The molecule has 0 saturated heterocycles. The third kappa shape index (κ3) is 6.25. The van der Waals surface area contributed by atoms with Crippen molar-refractivity contribution in [2.75, 3.05) is 6.61 Å². The predicted octanol–water partition coefficient (Wildman–Crippen LogP) is 2.24. The molecule has 1 aromatic carbocycles. The Morgan fingerprint density at radius 1 is 1.32 bits per heavy atom. The van der Waals surface area contributed by atoms with Gasteiger partial charge in [0.05, 0.1) is 6.61 Å². The third-order valence-electron chi connectivity index (χ3n) is 2.79. The molecule has 0 amide bonds. The number of rotatable bonds is 5. The lowest BCUT2D eigenvalue weighted by molar-refractivity contribution is -0.145. The van der Waals surface area contributed by atoms with E-state index in [4.69, 9.17) is 15.6 Å².